The number of nitrogens with one attached hydrogen (secondary N) is 1. The number of nitrogens with zero attached hydrogens (tertiary/aromatic N) is 7. The van der Waals surface area contributed by atoms with Crippen molar-refractivity contribution in [2.24, 2.45) is 0 Å². The molecule has 1 unspecified atom stereocenters. The fourth-order valence-corrected chi connectivity index (χ4v) is 3.61. The topological polar surface area (TPSA) is 200 Å². The molecule has 3 heterocycles. The number of nitrogens with two attached hydrogens (primary N) is 3. The lowest BCUT2D eigenvalue weighted by atomic mass is 10.2. The third-order valence-corrected chi connectivity index (χ3v) is 5.26. The Hall–Kier alpha value is -4.21. The van der Waals surface area contributed by atoms with Crippen LogP contribution in [0.4, 0.5) is 23.4 Å². The van der Waals surface area contributed by atoms with E-state index >= 15 is 0 Å². The van der Waals surface area contributed by atoms with Crippen molar-refractivity contribution in [1.82, 2.24) is 29.5 Å². The highest BCUT2D eigenvalue weighted by molar-refractivity contribution is 6.39. The van der Waals surface area contributed by atoms with E-state index < -0.39 is 11.6 Å². The summed E-state index contributed by atoms with van der Waals surface area (Å²) in [6.45, 7) is 1.68. The summed E-state index contributed by atoms with van der Waals surface area (Å²) in [6.07, 6.45) is 2.62. The van der Waals surface area contributed by atoms with Crippen molar-refractivity contribution in [3.63, 3.8) is 0 Å². The van der Waals surface area contributed by atoms with Gasteiger partial charge in [0.2, 0.25) is 5.95 Å². The smallest absolute Gasteiger partial charge is 0.268 e. The molecular weight excluding hydrogens is 469 g/mol. The second kappa shape index (κ2) is 8.38. The SMILES string of the molecule is CC(Nc1nc(N)nc(N)c1C#N)c1nc2c(Cl)ccc(Cl)c2c(=O)n1-c1cnc(N)cn1. The van der Waals surface area contributed by atoms with E-state index in [2.05, 4.69) is 30.2 Å². The van der Waals surface area contributed by atoms with Crippen LogP contribution in [-0.4, -0.2) is 29.5 Å². The predicted octanol–water partition coefficient (Wildman–Crippen LogP) is 2.06. The largest absolute Gasteiger partial charge is 0.382 e. The third kappa shape index (κ3) is 3.91. The molecule has 1 atom stereocenters. The number of nitrogen functional groups attached to an aromatic ring is 3. The number of nitriles is 1. The van der Waals surface area contributed by atoms with E-state index in [1.165, 1.54) is 29.1 Å². The van der Waals surface area contributed by atoms with Gasteiger partial charge in [-0.1, -0.05) is 23.2 Å². The van der Waals surface area contributed by atoms with E-state index in [1.807, 2.05) is 6.07 Å². The fraction of sp³-hybridized carbons (Fsp3) is 0.105. The normalized spacial score (nSPS) is 11.8. The van der Waals surface area contributed by atoms with E-state index in [0.29, 0.717) is 0 Å². The molecule has 0 bridgehead atoms. The van der Waals surface area contributed by atoms with Crippen LogP contribution >= 0.6 is 23.2 Å². The number of aromatic nitrogens is 6. The van der Waals surface area contributed by atoms with E-state index in [4.69, 9.17) is 40.4 Å². The van der Waals surface area contributed by atoms with E-state index in [1.54, 1.807) is 6.92 Å². The molecule has 0 radical (unpaired) electrons. The molecule has 0 aliphatic rings. The highest BCUT2D eigenvalue weighted by atomic mass is 35.5. The number of hydrogen-bond donors (Lipinski definition) is 4. The van der Waals surface area contributed by atoms with Crippen molar-refractivity contribution in [3.05, 3.63) is 56.3 Å². The van der Waals surface area contributed by atoms with Gasteiger partial charge in [-0.25, -0.2) is 19.5 Å². The van der Waals surface area contributed by atoms with Gasteiger partial charge in [-0.15, -0.1) is 0 Å². The molecule has 0 fully saturated rings. The highest BCUT2D eigenvalue weighted by Gasteiger charge is 2.23. The maximum absolute atomic E-state index is 13.5. The van der Waals surface area contributed by atoms with Crippen LogP contribution in [0.15, 0.2) is 29.3 Å². The zero-order valence-electron chi connectivity index (χ0n) is 16.9. The number of anilines is 4. The summed E-state index contributed by atoms with van der Waals surface area (Å²) in [4.78, 5) is 34.1. The number of fused-ring (bicyclic) bond motifs is 1. The first kappa shape index (κ1) is 22.0. The molecule has 0 aliphatic carbocycles. The van der Waals surface area contributed by atoms with Crippen molar-refractivity contribution in [2.75, 3.05) is 22.5 Å². The Morgan fingerprint density at radius 1 is 1.09 bits per heavy atom. The summed E-state index contributed by atoms with van der Waals surface area (Å²) in [5.74, 6) is 0.324. The van der Waals surface area contributed by atoms with Gasteiger partial charge in [0.25, 0.3) is 5.56 Å². The molecule has 4 rings (SSSR count). The van der Waals surface area contributed by atoms with Crippen molar-refractivity contribution in [3.8, 4) is 11.9 Å². The molecule has 3 aromatic heterocycles. The number of hydrogen-bond acceptors (Lipinski definition) is 11. The fourth-order valence-electron chi connectivity index (χ4n) is 3.17. The third-order valence-electron chi connectivity index (χ3n) is 4.64. The van der Waals surface area contributed by atoms with Crippen LogP contribution in [0.5, 0.6) is 0 Å². The number of halogens is 2. The highest BCUT2D eigenvalue weighted by Crippen LogP contribution is 2.29. The Kier molecular flexibility index (Phi) is 5.59. The minimum atomic E-state index is -0.725. The molecule has 0 saturated carbocycles. The standard InChI is InChI=1S/C19H15Cl2N11O/c1-7(28-16-8(4-22)15(24)30-19(25)31-16)17-29-14-10(21)3-2-9(20)13(14)18(33)32(17)12-6-26-11(23)5-27-12/h2-3,5-7H,1H3,(H2,23,26)(H5,24,25,28,30,31). The molecule has 166 valence electrons. The minimum Gasteiger partial charge on any atom is -0.382 e. The lowest BCUT2D eigenvalue weighted by Gasteiger charge is -2.20. The van der Waals surface area contributed by atoms with Gasteiger partial charge in [-0.2, -0.15) is 15.2 Å². The molecule has 1 aromatic carbocycles. The van der Waals surface area contributed by atoms with Crippen LogP contribution in [-0.2, 0) is 0 Å². The summed E-state index contributed by atoms with van der Waals surface area (Å²) in [7, 11) is 0. The maximum Gasteiger partial charge on any atom is 0.268 e. The lowest BCUT2D eigenvalue weighted by molar-refractivity contribution is 0.719. The van der Waals surface area contributed by atoms with Gasteiger partial charge in [-0.05, 0) is 19.1 Å². The molecule has 4 aromatic rings. The summed E-state index contributed by atoms with van der Waals surface area (Å²) in [5, 5.41) is 13.0. The molecule has 0 spiro atoms. The number of rotatable bonds is 4. The summed E-state index contributed by atoms with van der Waals surface area (Å²) in [5.41, 5.74) is 16.8. The predicted molar refractivity (Wildman–Crippen MR) is 125 cm³/mol. The van der Waals surface area contributed by atoms with Crippen molar-refractivity contribution in [2.45, 2.75) is 13.0 Å². The molecule has 33 heavy (non-hydrogen) atoms. The quantitative estimate of drug-likeness (QED) is 0.330. The van der Waals surface area contributed by atoms with Crippen LogP contribution in [0.25, 0.3) is 16.7 Å². The van der Waals surface area contributed by atoms with Crippen molar-refractivity contribution >= 4 is 57.5 Å². The van der Waals surface area contributed by atoms with Gasteiger partial charge in [0.1, 0.15) is 29.1 Å². The van der Waals surface area contributed by atoms with Gasteiger partial charge in [0.05, 0.1) is 39.4 Å². The maximum atomic E-state index is 13.5. The molecule has 12 nitrogen and oxygen atoms in total. The Morgan fingerprint density at radius 2 is 1.82 bits per heavy atom. The Balaban J connectivity index is 1.98. The average molecular weight is 484 g/mol. The van der Waals surface area contributed by atoms with Crippen molar-refractivity contribution < 1.29 is 0 Å². The summed E-state index contributed by atoms with van der Waals surface area (Å²) < 4.78 is 1.22. The molecule has 7 N–H and O–H groups in total. The molecule has 0 saturated heterocycles. The average Bonchev–Trinajstić information content (AvgIpc) is 2.76. The summed E-state index contributed by atoms with van der Waals surface area (Å²) >= 11 is 12.6. The Morgan fingerprint density at radius 3 is 2.48 bits per heavy atom. The zero-order valence-corrected chi connectivity index (χ0v) is 18.4. The Bertz CT molecular complexity index is 1500. The number of benzene rings is 1. The van der Waals surface area contributed by atoms with E-state index in [0.717, 1.165) is 0 Å². The monoisotopic (exact) mass is 483 g/mol. The molecule has 0 amide bonds. The van der Waals surface area contributed by atoms with Crippen LogP contribution < -0.4 is 28.1 Å². The minimum absolute atomic E-state index is 0.0147. The van der Waals surface area contributed by atoms with E-state index in [9.17, 15) is 10.1 Å². The second-order valence-corrected chi connectivity index (χ2v) is 7.65. The molecule has 14 heteroatoms. The first-order valence-corrected chi connectivity index (χ1v) is 10.0. The Labute approximate surface area is 196 Å². The molecule has 0 aliphatic heterocycles. The first-order valence-electron chi connectivity index (χ1n) is 9.29. The van der Waals surface area contributed by atoms with Crippen LogP contribution in [0.2, 0.25) is 10.0 Å². The first-order chi connectivity index (χ1) is 15.7. The van der Waals surface area contributed by atoms with Crippen LogP contribution in [0, 0.1) is 11.3 Å². The second-order valence-electron chi connectivity index (χ2n) is 6.83. The van der Waals surface area contributed by atoms with Crippen LogP contribution in [0.1, 0.15) is 24.4 Å². The summed E-state index contributed by atoms with van der Waals surface area (Å²) in [6, 6.07) is 4.24. The van der Waals surface area contributed by atoms with Gasteiger partial charge < -0.3 is 22.5 Å². The van der Waals surface area contributed by atoms with Gasteiger partial charge >= 0.3 is 0 Å². The van der Waals surface area contributed by atoms with Gasteiger partial charge in [-0.3, -0.25) is 4.79 Å². The van der Waals surface area contributed by atoms with Crippen molar-refractivity contribution in [1.29, 1.82) is 5.26 Å². The lowest BCUT2D eigenvalue weighted by Crippen LogP contribution is -2.28. The van der Waals surface area contributed by atoms with E-state index in [-0.39, 0.29) is 61.6 Å². The molecular formula is C19H15Cl2N11O. The van der Waals surface area contributed by atoms with Gasteiger partial charge in [0, 0.05) is 0 Å². The van der Waals surface area contributed by atoms with Gasteiger partial charge in [0.15, 0.2) is 11.6 Å². The van der Waals surface area contributed by atoms with Crippen LogP contribution in [0.3, 0.4) is 0 Å². The zero-order chi connectivity index (χ0) is 23.9.